The summed E-state index contributed by atoms with van der Waals surface area (Å²) in [4.78, 5) is 11.3. The zero-order valence-electron chi connectivity index (χ0n) is 8.51. The molecule has 0 rings (SSSR count). The molecule has 0 aliphatic rings. The lowest BCUT2D eigenvalue weighted by molar-refractivity contribution is -0.128. The third-order valence-electron chi connectivity index (χ3n) is 2.52. The number of hydrogen-bond acceptors (Lipinski definition) is 2. The molecule has 3 nitrogen and oxygen atoms in total. The van der Waals surface area contributed by atoms with E-state index in [-0.39, 0.29) is 5.91 Å². The van der Waals surface area contributed by atoms with E-state index in [1.54, 1.807) is 13.2 Å². The molecule has 2 N–H and O–H groups in total. The molecule has 3 heteroatoms. The van der Waals surface area contributed by atoms with Gasteiger partial charge in [-0.25, -0.2) is 0 Å². The highest BCUT2D eigenvalue weighted by Crippen LogP contribution is 2.30. The Morgan fingerprint density at radius 3 is 2.62 bits per heavy atom. The fraction of sp³-hybridized carbons (Fsp3) is 0.700. The maximum absolute atomic E-state index is 11.3. The molecule has 0 aromatic heterocycles. The fourth-order valence-corrected chi connectivity index (χ4v) is 1.39. The van der Waals surface area contributed by atoms with Gasteiger partial charge in [-0.2, -0.15) is 0 Å². The van der Waals surface area contributed by atoms with E-state index in [2.05, 4.69) is 6.58 Å². The molecule has 13 heavy (non-hydrogen) atoms. The number of ether oxygens (including phenoxy) is 1. The number of allylic oxidation sites excluding steroid dienone is 1. The summed E-state index contributed by atoms with van der Waals surface area (Å²) >= 11 is 0. The number of carbonyl (C=O) groups excluding carboxylic acids is 1. The lowest BCUT2D eigenvalue weighted by Gasteiger charge is -2.27. The van der Waals surface area contributed by atoms with Crippen LogP contribution in [0.2, 0.25) is 0 Å². The first kappa shape index (κ1) is 12.2. The average molecular weight is 185 g/mol. The van der Waals surface area contributed by atoms with Gasteiger partial charge < -0.3 is 10.5 Å². The van der Waals surface area contributed by atoms with Gasteiger partial charge in [0.15, 0.2) is 0 Å². The van der Waals surface area contributed by atoms with Gasteiger partial charge in [-0.3, -0.25) is 4.79 Å². The summed E-state index contributed by atoms with van der Waals surface area (Å²) in [6.07, 6.45) is 3.77. The Morgan fingerprint density at radius 2 is 2.31 bits per heavy atom. The van der Waals surface area contributed by atoms with Gasteiger partial charge in [-0.1, -0.05) is 13.0 Å². The molecule has 0 radical (unpaired) electrons. The molecule has 1 unspecified atom stereocenters. The van der Waals surface area contributed by atoms with Gasteiger partial charge >= 0.3 is 0 Å². The van der Waals surface area contributed by atoms with Crippen LogP contribution in [0.4, 0.5) is 0 Å². The minimum absolute atomic E-state index is 0.257. The predicted molar refractivity (Wildman–Crippen MR) is 53.2 cm³/mol. The second kappa shape index (κ2) is 5.75. The van der Waals surface area contributed by atoms with Crippen LogP contribution >= 0.6 is 0 Å². The molecule has 0 saturated carbocycles. The number of amides is 1. The Morgan fingerprint density at radius 1 is 1.69 bits per heavy atom. The summed E-state index contributed by atoms with van der Waals surface area (Å²) in [6, 6.07) is 0. The molecular formula is C10H19NO2. The molecule has 0 spiro atoms. The summed E-state index contributed by atoms with van der Waals surface area (Å²) < 4.78 is 4.95. The highest BCUT2D eigenvalue weighted by atomic mass is 16.5. The second-order valence-corrected chi connectivity index (χ2v) is 3.23. The lowest BCUT2D eigenvalue weighted by Crippen LogP contribution is -2.37. The van der Waals surface area contributed by atoms with Gasteiger partial charge in [-0.05, 0) is 19.3 Å². The van der Waals surface area contributed by atoms with Crippen LogP contribution in [0.25, 0.3) is 0 Å². The van der Waals surface area contributed by atoms with Crippen molar-refractivity contribution in [3.63, 3.8) is 0 Å². The summed E-state index contributed by atoms with van der Waals surface area (Å²) in [5.41, 5.74) is 4.91. The first-order valence-corrected chi connectivity index (χ1v) is 4.52. The number of carbonyl (C=O) groups is 1. The summed E-state index contributed by atoms with van der Waals surface area (Å²) in [5.74, 6) is -0.257. The van der Waals surface area contributed by atoms with Crippen molar-refractivity contribution in [2.45, 2.75) is 26.2 Å². The Kier molecular flexibility index (Phi) is 5.39. The summed E-state index contributed by atoms with van der Waals surface area (Å²) in [6.45, 7) is 6.16. The van der Waals surface area contributed by atoms with Crippen LogP contribution in [0.5, 0.6) is 0 Å². The fourth-order valence-electron chi connectivity index (χ4n) is 1.39. The van der Waals surface area contributed by atoms with Gasteiger partial charge in [0.05, 0.1) is 5.41 Å². The molecule has 0 aliphatic carbocycles. The van der Waals surface area contributed by atoms with E-state index < -0.39 is 5.41 Å². The average Bonchev–Trinajstić information content (AvgIpc) is 2.12. The third kappa shape index (κ3) is 3.19. The summed E-state index contributed by atoms with van der Waals surface area (Å²) in [5, 5.41) is 0. The van der Waals surface area contributed by atoms with E-state index in [9.17, 15) is 4.79 Å². The number of primary amides is 1. The highest BCUT2D eigenvalue weighted by molar-refractivity contribution is 5.80. The molecule has 0 heterocycles. The standard InChI is InChI=1S/C10H19NO2/c1-4-6-10(5-2,9(11)12)7-8-13-3/h4H,1,5-8H2,2-3H3,(H2,11,12). The molecular weight excluding hydrogens is 166 g/mol. The van der Waals surface area contributed by atoms with Crippen molar-refractivity contribution < 1.29 is 9.53 Å². The second-order valence-electron chi connectivity index (χ2n) is 3.23. The molecule has 1 amide bonds. The number of hydrogen-bond donors (Lipinski definition) is 1. The summed E-state index contributed by atoms with van der Waals surface area (Å²) in [7, 11) is 1.62. The molecule has 76 valence electrons. The molecule has 1 atom stereocenters. The predicted octanol–water partition coefficient (Wildman–Crippen LogP) is 1.48. The van der Waals surface area contributed by atoms with Crippen molar-refractivity contribution >= 4 is 5.91 Å². The Hall–Kier alpha value is -0.830. The molecule has 0 aromatic rings. The van der Waals surface area contributed by atoms with Crippen molar-refractivity contribution in [1.82, 2.24) is 0 Å². The first-order valence-electron chi connectivity index (χ1n) is 4.52. The van der Waals surface area contributed by atoms with Gasteiger partial charge in [0.25, 0.3) is 0 Å². The van der Waals surface area contributed by atoms with Crippen molar-refractivity contribution in [3.8, 4) is 0 Å². The van der Waals surface area contributed by atoms with E-state index in [1.165, 1.54) is 0 Å². The van der Waals surface area contributed by atoms with E-state index in [0.29, 0.717) is 19.4 Å². The van der Waals surface area contributed by atoms with Gasteiger partial charge in [-0.15, -0.1) is 6.58 Å². The van der Waals surface area contributed by atoms with Crippen molar-refractivity contribution in [2.24, 2.45) is 11.1 Å². The number of rotatable bonds is 7. The number of nitrogens with two attached hydrogens (primary N) is 1. The van der Waals surface area contributed by atoms with Crippen LogP contribution in [0.15, 0.2) is 12.7 Å². The molecule has 0 saturated heterocycles. The van der Waals surface area contributed by atoms with Crippen LogP contribution in [-0.4, -0.2) is 19.6 Å². The SMILES string of the molecule is C=CCC(CC)(CCOC)C(N)=O. The molecule has 0 fully saturated rings. The van der Waals surface area contributed by atoms with Crippen molar-refractivity contribution in [1.29, 1.82) is 0 Å². The molecule has 0 aliphatic heterocycles. The van der Waals surface area contributed by atoms with Gasteiger partial charge in [0.2, 0.25) is 5.91 Å². The Balaban J connectivity index is 4.43. The topological polar surface area (TPSA) is 52.3 Å². The van der Waals surface area contributed by atoms with E-state index >= 15 is 0 Å². The zero-order valence-corrected chi connectivity index (χ0v) is 8.51. The third-order valence-corrected chi connectivity index (χ3v) is 2.52. The van der Waals surface area contributed by atoms with Crippen LogP contribution in [0.1, 0.15) is 26.2 Å². The maximum atomic E-state index is 11.3. The minimum Gasteiger partial charge on any atom is -0.385 e. The normalized spacial score (nSPS) is 14.9. The smallest absolute Gasteiger partial charge is 0.224 e. The Labute approximate surface area is 79.9 Å². The van der Waals surface area contributed by atoms with Crippen LogP contribution in [0.3, 0.4) is 0 Å². The minimum atomic E-state index is -0.461. The quantitative estimate of drug-likeness (QED) is 0.611. The van der Waals surface area contributed by atoms with E-state index in [4.69, 9.17) is 10.5 Å². The molecule has 0 bridgehead atoms. The monoisotopic (exact) mass is 185 g/mol. The van der Waals surface area contributed by atoms with Gasteiger partial charge in [0, 0.05) is 13.7 Å². The van der Waals surface area contributed by atoms with Crippen molar-refractivity contribution in [2.75, 3.05) is 13.7 Å². The largest absolute Gasteiger partial charge is 0.385 e. The maximum Gasteiger partial charge on any atom is 0.224 e. The van der Waals surface area contributed by atoms with Crippen molar-refractivity contribution in [3.05, 3.63) is 12.7 Å². The zero-order chi connectivity index (χ0) is 10.3. The van der Waals surface area contributed by atoms with Gasteiger partial charge in [0.1, 0.15) is 0 Å². The van der Waals surface area contributed by atoms with Crippen LogP contribution in [0, 0.1) is 5.41 Å². The Bertz CT molecular complexity index is 180. The van der Waals surface area contributed by atoms with Crippen LogP contribution in [-0.2, 0) is 9.53 Å². The van der Waals surface area contributed by atoms with Crippen LogP contribution < -0.4 is 5.73 Å². The van der Waals surface area contributed by atoms with E-state index in [1.807, 2.05) is 6.92 Å². The highest BCUT2D eigenvalue weighted by Gasteiger charge is 2.32. The number of methoxy groups -OCH3 is 1. The lowest BCUT2D eigenvalue weighted by atomic mass is 9.78. The molecule has 0 aromatic carbocycles. The first-order chi connectivity index (χ1) is 6.13. The van der Waals surface area contributed by atoms with E-state index in [0.717, 1.165) is 6.42 Å².